The highest BCUT2D eigenvalue weighted by Crippen LogP contribution is 2.86. The maximum Gasteiger partial charge on any atom is 0.160 e. The van der Waals surface area contributed by atoms with Crippen LogP contribution in [0.4, 0.5) is 0 Å². The van der Waals surface area contributed by atoms with Crippen LogP contribution in [0.15, 0.2) is 114 Å². The van der Waals surface area contributed by atoms with Crippen molar-refractivity contribution in [2.45, 2.75) is 198 Å². The quantitative estimate of drug-likeness (QED) is 0.0545. The number of Topliss-reactive ketones (excluding diaryl/α,β-unsaturated/α-hetero) is 1. The highest BCUT2D eigenvalue weighted by atomic mass is 16.5. The minimum atomic E-state index is -1.78. The molecule has 0 amide bonds. The van der Waals surface area contributed by atoms with Crippen molar-refractivity contribution in [2.24, 2.45) is 69.5 Å². The van der Waals surface area contributed by atoms with Gasteiger partial charge in [0.25, 0.3) is 0 Å². The van der Waals surface area contributed by atoms with Crippen LogP contribution in [0.3, 0.4) is 0 Å². The molecule has 10 heteroatoms. The number of carbonyl (C=O) groups excluding carboxylic acids is 1. The second-order valence-electron chi connectivity index (χ2n) is 33.7. The van der Waals surface area contributed by atoms with Gasteiger partial charge < -0.3 is 45.8 Å². The molecule has 7 spiro atoms. The standard InChI is InChI=1S/C84H85NO9/c1-94-70-37-57(49(42-86)32-68(70)90)56-34-69(91)73-54-18-24-78-21-8-12-64-55(15-13-45(56)27-44-9-3-2-4-10-44)76-83(73,93)26-25-80(85-64)40-52-30-46-28-48(29-47-31-59(54)74(78)75-53(47)16-14-50-17-23-77(19-5-6-20-77)82(50,75)41-72(78)92)65(87)35-58(46)62-33-51-11-7-22-79(51)43-81(52,62)71-39-61(79)60-36-66(88)67(89)38-63(60)84(71,76)80/h2-4,9-10,14,16,18,24,28,30-33,36-38,45,50-52,54-56,58,61,64-65,71-73,76,85-90,92-93H,5-7,11-12,17,19-20,22-23,25-27,29,34-35,39-43H2,1H3/t45-,50-,51-,52+,54-,55-,56+,58-,61-,64+,65-,71-,72-,73-,76+,78-,79-,80+,81-,82-,83+,84-/m1/s1. The Bertz CT molecular complexity index is 4430. The molecule has 94 heavy (non-hydrogen) atoms. The number of methoxy groups -OCH3 is 1. The van der Waals surface area contributed by atoms with E-state index in [-0.39, 0.29) is 75.6 Å². The largest absolute Gasteiger partial charge is 0.504 e. The van der Waals surface area contributed by atoms with Crippen LogP contribution < -0.4 is 10.1 Å². The van der Waals surface area contributed by atoms with Gasteiger partial charge in [0.15, 0.2) is 23.0 Å². The number of aromatic hydroxyl groups is 3. The summed E-state index contributed by atoms with van der Waals surface area (Å²) in [7, 11) is 1.53. The first-order valence-electron chi connectivity index (χ1n) is 36.3. The normalized spacial score (nSPS) is 44.8. The van der Waals surface area contributed by atoms with Crippen molar-refractivity contribution in [3.05, 3.63) is 169 Å². The maximum absolute atomic E-state index is 18.1. The van der Waals surface area contributed by atoms with E-state index in [1.807, 2.05) is 36.4 Å². The molecule has 480 valence electrons. The van der Waals surface area contributed by atoms with E-state index in [0.717, 1.165) is 116 Å². The molecule has 7 fully saturated rings. The van der Waals surface area contributed by atoms with Crippen LogP contribution in [-0.4, -0.2) is 78.0 Å². The Morgan fingerprint density at radius 2 is 1.66 bits per heavy atom. The summed E-state index contributed by atoms with van der Waals surface area (Å²) in [5.74, 6) is 12.2. The van der Waals surface area contributed by atoms with Gasteiger partial charge >= 0.3 is 0 Å². The molecule has 8 N–H and O–H groups in total. The molecule has 22 atom stereocenters. The Hall–Kier alpha value is -6.63. The zero-order chi connectivity index (χ0) is 63.2. The van der Waals surface area contributed by atoms with E-state index in [1.165, 1.54) is 29.4 Å². The van der Waals surface area contributed by atoms with Crippen LogP contribution in [0.5, 0.6) is 23.0 Å². The van der Waals surface area contributed by atoms with Gasteiger partial charge in [-0.15, -0.1) is 5.92 Å². The third-order valence-electron chi connectivity index (χ3n) is 31.2. The van der Waals surface area contributed by atoms with Gasteiger partial charge in [-0.2, -0.15) is 0 Å². The molecule has 23 rings (SSSR count). The summed E-state index contributed by atoms with van der Waals surface area (Å²) in [4.78, 5) is 18.1. The second-order valence-corrected chi connectivity index (χ2v) is 33.7. The SMILES string of the molecule is COc1cc([C@H]2CC(=O)[C@H]3[C@@H]4C=C[C@@]56C#CC[C@@H]7N[C@]89CC[C@@]3(O)[C@H]([C@@H]7C#C[C@@H]2Cc2ccccc2)[C@]82c3cc(O)c(O)cc3[C@H]3C[C@@H]2[C@@]27C[C@@]38CCC[C@@H]8C=C2[C@@H]2C[C@@H](O)C(=CC2=C[C@H]7C9)Cc2cc4c5c3c2C=C[C@@H]2CCC4(CCCC4)[C@@]32C[C@H]6O)c(CO)cc1O. The number of benzene rings is 4. The topological polar surface area (TPSA) is 180 Å². The molecule has 18 aliphatic carbocycles. The van der Waals surface area contributed by atoms with Crippen LogP contribution in [0, 0.1) is 93.2 Å². The van der Waals surface area contributed by atoms with Crippen molar-refractivity contribution in [3.8, 4) is 46.7 Å². The lowest BCUT2D eigenvalue weighted by atomic mass is 9.23. The Balaban J connectivity index is 0.936. The molecule has 1 heterocycles. The fourth-order valence-corrected chi connectivity index (χ4v) is 28.3. The first-order valence-corrected chi connectivity index (χ1v) is 36.3. The molecule has 19 aliphatic rings. The van der Waals surface area contributed by atoms with Crippen molar-refractivity contribution < 1.29 is 45.3 Å². The number of hydrogen-bond acceptors (Lipinski definition) is 10. The number of rotatable bonds is 5. The minimum absolute atomic E-state index is 0.0134. The number of phenols is 3. The number of hydrogen-bond donors (Lipinski definition) is 8. The molecule has 19 bridgehead atoms. The van der Waals surface area contributed by atoms with Crippen molar-refractivity contribution in [1.82, 2.24) is 5.32 Å². The lowest BCUT2D eigenvalue weighted by molar-refractivity contribution is -0.262. The monoisotopic (exact) mass is 1250 g/mol. The van der Waals surface area contributed by atoms with Crippen LogP contribution in [0.25, 0.3) is 6.08 Å². The Morgan fingerprint density at radius 3 is 2.50 bits per heavy atom. The second kappa shape index (κ2) is 18.5. The van der Waals surface area contributed by atoms with Crippen LogP contribution in [0.1, 0.15) is 189 Å². The van der Waals surface area contributed by atoms with Crippen molar-refractivity contribution in [2.75, 3.05) is 7.11 Å². The summed E-state index contributed by atoms with van der Waals surface area (Å²) < 4.78 is 5.92. The van der Waals surface area contributed by atoms with Crippen molar-refractivity contribution in [3.63, 3.8) is 0 Å². The van der Waals surface area contributed by atoms with E-state index in [0.29, 0.717) is 62.0 Å². The summed E-state index contributed by atoms with van der Waals surface area (Å²) in [6, 6.07) is 19.6. The molecular weight excluding hydrogens is 1170 g/mol. The summed E-state index contributed by atoms with van der Waals surface area (Å²) in [5.41, 5.74) is 8.10. The molecular formula is C84H85NO9. The third-order valence-corrected chi connectivity index (χ3v) is 31.2. The summed E-state index contributed by atoms with van der Waals surface area (Å²) in [5, 5.41) is 96.1. The average Bonchev–Trinajstić information content (AvgIpc) is 0.757. The number of aliphatic hydroxyl groups is 4. The van der Waals surface area contributed by atoms with E-state index >= 15 is 9.90 Å². The first-order chi connectivity index (χ1) is 45.6. The molecule has 1 aliphatic heterocycles. The van der Waals surface area contributed by atoms with E-state index in [4.69, 9.17) is 4.74 Å². The van der Waals surface area contributed by atoms with Crippen molar-refractivity contribution in [1.29, 1.82) is 0 Å². The Kier molecular flexibility index (Phi) is 11.1. The Morgan fingerprint density at radius 1 is 0.809 bits per heavy atom. The van der Waals surface area contributed by atoms with E-state index in [1.54, 1.807) is 6.07 Å². The van der Waals surface area contributed by atoms with Gasteiger partial charge in [-0.3, -0.25) is 4.79 Å². The molecule has 4 aromatic carbocycles. The van der Waals surface area contributed by atoms with Crippen LogP contribution in [0.2, 0.25) is 0 Å². The predicted octanol–water partition coefficient (Wildman–Crippen LogP) is 12.3. The fraction of sp³-hybridized carbons (Fsp3) is 0.536. The lowest BCUT2D eigenvalue weighted by Crippen LogP contribution is -2.87. The predicted molar refractivity (Wildman–Crippen MR) is 355 cm³/mol. The lowest BCUT2D eigenvalue weighted by Gasteiger charge is -2.82. The van der Waals surface area contributed by atoms with Crippen LogP contribution >= 0.6 is 0 Å². The number of carbonyl (C=O) groups is 1. The summed E-state index contributed by atoms with van der Waals surface area (Å²) in [6.45, 7) is -0.403. The molecule has 6 saturated carbocycles. The first kappa shape index (κ1) is 56.5. The smallest absolute Gasteiger partial charge is 0.160 e. The Labute approximate surface area is 550 Å². The number of ketones is 1. The summed E-state index contributed by atoms with van der Waals surface area (Å²) >= 11 is 0. The highest BCUT2D eigenvalue weighted by Gasteiger charge is 2.85. The number of aliphatic hydroxyl groups excluding tert-OH is 3. The van der Waals surface area contributed by atoms with E-state index in [9.17, 15) is 30.6 Å². The fourth-order valence-electron chi connectivity index (χ4n) is 28.3. The average molecular weight is 1250 g/mol. The zero-order valence-corrected chi connectivity index (χ0v) is 53.8. The third kappa shape index (κ3) is 6.39. The van der Waals surface area contributed by atoms with Gasteiger partial charge in [-0.1, -0.05) is 122 Å². The number of piperidine rings is 1. The molecule has 10 nitrogen and oxygen atoms in total. The highest BCUT2D eigenvalue weighted by molar-refractivity contribution is 5.87. The van der Waals surface area contributed by atoms with Gasteiger partial charge in [-0.25, -0.2) is 0 Å². The molecule has 0 radical (unpaired) electrons. The van der Waals surface area contributed by atoms with Gasteiger partial charge in [-0.05, 0) is 228 Å². The molecule has 1 saturated heterocycles. The van der Waals surface area contributed by atoms with Gasteiger partial charge in [0, 0.05) is 76.2 Å². The van der Waals surface area contributed by atoms with E-state index < -0.39 is 93.2 Å². The van der Waals surface area contributed by atoms with E-state index in [2.05, 4.69) is 89.7 Å². The van der Waals surface area contributed by atoms with Crippen molar-refractivity contribution >= 4 is 11.9 Å². The number of allylic oxidation sites excluding steroid dienone is 7. The van der Waals surface area contributed by atoms with Gasteiger partial charge in [0.05, 0.1) is 37.4 Å². The van der Waals surface area contributed by atoms with Crippen LogP contribution in [-0.2, 0) is 40.5 Å². The van der Waals surface area contributed by atoms with Gasteiger partial charge in [0.1, 0.15) is 11.2 Å². The number of nitrogens with one attached hydrogen (secondary N) is 1. The molecule has 4 aromatic rings. The maximum atomic E-state index is 18.1. The minimum Gasteiger partial charge on any atom is -0.504 e. The molecule has 0 unspecified atom stereocenters. The number of fused-ring (bicyclic) bond motifs is 5. The zero-order valence-electron chi connectivity index (χ0n) is 53.8. The number of ether oxygens (including phenoxy) is 1. The van der Waals surface area contributed by atoms with Gasteiger partial charge in [0.2, 0.25) is 0 Å². The molecule has 0 aromatic heterocycles. The summed E-state index contributed by atoms with van der Waals surface area (Å²) in [6.07, 6.45) is 31.4. The number of phenolic OH excluding ortho intramolecular Hbond substituents is 3.